The van der Waals surface area contributed by atoms with Crippen molar-refractivity contribution < 1.29 is 14.3 Å². The maximum atomic E-state index is 14.1. The third kappa shape index (κ3) is 2.80. The van der Waals surface area contributed by atoms with Crippen LogP contribution in [0.25, 0.3) is 28.2 Å². The van der Waals surface area contributed by atoms with E-state index < -0.39 is 11.8 Å². The van der Waals surface area contributed by atoms with Gasteiger partial charge in [-0.1, -0.05) is 35.9 Å². The number of carbonyl (C=O) groups is 1. The van der Waals surface area contributed by atoms with Crippen molar-refractivity contribution in [1.82, 2.24) is 14.6 Å². The van der Waals surface area contributed by atoms with E-state index in [0.717, 1.165) is 5.56 Å². The molecule has 2 aromatic carbocycles. The fraction of sp³-hybridized carbons (Fsp3) is 0. The zero-order chi connectivity index (χ0) is 18.3. The summed E-state index contributed by atoms with van der Waals surface area (Å²) in [6.07, 6.45) is 0. The van der Waals surface area contributed by atoms with Crippen LogP contribution in [0.1, 0.15) is 10.5 Å². The van der Waals surface area contributed by atoms with E-state index in [4.69, 9.17) is 11.6 Å². The number of rotatable bonds is 3. The molecule has 128 valence electrons. The van der Waals surface area contributed by atoms with Crippen molar-refractivity contribution in [3.05, 3.63) is 77.2 Å². The van der Waals surface area contributed by atoms with E-state index in [-0.39, 0.29) is 17.0 Å². The number of carboxylic acid groups (broad SMARTS) is 1. The molecule has 0 spiro atoms. The Labute approximate surface area is 152 Å². The second-order valence-electron chi connectivity index (χ2n) is 5.62. The smallest absolute Gasteiger partial charge is 0.354 e. The van der Waals surface area contributed by atoms with Gasteiger partial charge in [0.05, 0.1) is 11.4 Å². The van der Waals surface area contributed by atoms with Gasteiger partial charge in [-0.2, -0.15) is 5.10 Å². The molecule has 4 aromatic rings. The van der Waals surface area contributed by atoms with Gasteiger partial charge in [-0.25, -0.2) is 18.7 Å². The first-order valence-corrected chi connectivity index (χ1v) is 8.06. The molecule has 0 saturated carbocycles. The minimum atomic E-state index is -1.18. The molecule has 0 aliphatic heterocycles. The highest BCUT2D eigenvalue weighted by atomic mass is 35.5. The van der Waals surface area contributed by atoms with E-state index in [0.29, 0.717) is 16.4 Å². The first-order valence-electron chi connectivity index (χ1n) is 7.68. The van der Waals surface area contributed by atoms with Crippen LogP contribution in [0.4, 0.5) is 4.39 Å². The van der Waals surface area contributed by atoms with Gasteiger partial charge in [-0.15, -0.1) is 0 Å². The average molecular weight is 368 g/mol. The summed E-state index contributed by atoms with van der Waals surface area (Å²) < 4.78 is 15.3. The Kier molecular flexibility index (Phi) is 3.89. The van der Waals surface area contributed by atoms with Crippen molar-refractivity contribution in [3.8, 4) is 22.5 Å². The van der Waals surface area contributed by atoms with Crippen LogP contribution in [0.2, 0.25) is 5.02 Å². The molecule has 0 radical (unpaired) electrons. The Bertz CT molecular complexity index is 1140. The van der Waals surface area contributed by atoms with Gasteiger partial charge in [0, 0.05) is 22.2 Å². The summed E-state index contributed by atoms with van der Waals surface area (Å²) in [7, 11) is 0. The van der Waals surface area contributed by atoms with E-state index in [1.54, 1.807) is 48.5 Å². The molecule has 0 aliphatic rings. The van der Waals surface area contributed by atoms with Crippen LogP contribution >= 0.6 is 11.6 Å². The van der Waals surface area contributed by atoms with E-state index in [1.165, 1.54) is 16.6 Å². The summed E-state index contributed by atoms with van der Waals surface area (Å²) in [5.41, 5.74) is 1.98. The molecule has 0 aliphatic carbocycles. The number of aromatic nitrogens is 3. The fourth-order valence-electron chi connectivity index (χ4n) is 2.70. The number of halogens is 2. The molecule has 0 amide bonds. The number of nitrogens with zero attached hydrogens (tertiary/aromatic N) is 3. The molecule has 7 heteroatoms. The Hall–Kier alpha value is -3.25. The van der Waals surface area contributed by atoms with E-state index >= 15 is 0 Å². The quantitative estimate of drug-likeness (QED) is 0.576. The molecule has 5 nitrogen and oxygen atoms in total. The van der Waals surface area contributed by atoms with Gasteiger partial charge in [0.15, 0.2) is 11.3 Å². The van der Waals surface area contributed by atoms with Gasteiger partial charge >= 0.3 is 5.97 Å². The van der Waals surface area contributed by atoms with Gasteiger partial charge in [-0.3, -0.25) is 0 Å². The summed E-state index contributed by atoms with van der Waals surface area (Å²) in [6.45, 7) is 0. The van der Waals surface area contributed by atoms with Crippen molar-refractivity contribution in [3.63, 3.8) is 0 Å². The summed E-state index contributed by atoms with van der Waals surface area (Å²) in [5.74, 6) is -1.65. The standard InChI is InChI=1S/C19H11ClFN3O2/c20-12-7-5-11(6-8-12)15-10-18-22-16(13-3-1-2-4-14(13)21)9-17(19(25)26)24(18)23-15/h1-10H,(H,25,26). The summed E-state index contributed by atoms with van der Waals surface area (Å²) in [5, 5.41) is 14.5. The lowest BCUT2D eigenvalue weighted by Gasteiger charge is -2.05. The zero-order valence-corrected chi connectivity index (χ0v) is 14.0. The van der Waals surface area contributed by atoms with Crippen LogP contribution in [-0.4, -0.2) is 25.7 Å². The molecule has 0 bridgehead atoms. The molecular formula is C19H11ClFN3O2. The van der Waals surface area contributed by atoms with E-state index in [9.17, 15) is 14.3 Å². The van der Waals surface area contributed by atoms with Crippen molar-refractivity contribution in [1.29, 1.82) is 0 Å². The normalized spacial score (nSPS) is 11.0. The van der Waals surface area contributed by atoms with Gasteiger partial charge in [0.1, 0.15) is 5.82 Å². The third-order valence-electron chi connectivity index (χ3n) is 3.94. The zero-order valence-electron chi connectivity index (χ0n) is 13.2. The van der Waals surface area contributed by atoms with Crippen molar-refractivity contribution in [2.45, 2.75) is 0 Å². The highest BCUT2D eigenvalue weighted by molar-refractivity contribution is 6.30. The van der Waals surface area contributed by atoms with Gasteiger partial charge < -0.3 is 5.11 Å². The predicted octanol–water partition coefficient (Wildman–Crippen LogP) is 4.55. The lowest BCUT2D eigenvalue weighted by atomic mass is 10.1. The monoisotopic (exact) mass is 367 g/mol. The van der Waals surface area contributed by atoms with Crippen LogP contribution in [0.3, 0.4) is 0 Å². The molecule has 0 atom stereocenters. The number of benzene rings is 2. The summed E-state index contributed by atoms with van der Waals surface area (Å²) in [4.78, 5) is 16.1. The van der Waals surface area contributed by atoms with E-state index in [1.807, 2.05) is 0 Å². The maximum absolute atomic E-state index is 14.1. The molecule has 1 N–H and O–H groups in total. The Morgan fingerprint density at radius 2 is 1.77 bits per heavy atom. The Morgan fingerprint density at radius 3 is 2.46 bits per heavy atom. The molecule has 2 heterocycles. The highest BCUT2D eigenvalue weighted by Gasteiger charge is 2.17. The SMILES string of the molecule is O=C(O)c1cc(-c2ccccc2F)nc2cc(-c3ccc(Cl)cc3)nn12. The first-order chi connectivity index (χ1) is 12.5. The number of hydrogen-bond acceptors (Lipinski definition) is 3. The Balaban J connectivity index is 1.94. The van der Waals surface area contributed by atoms with Crippen molar-refractivity contribution in [2.24, 2.45) is 0 Å². The predicted molar refractivity (Wildman–Crippen MR) is 95.8 cm³/mol. The van der Waals surface area contributed by atoms with Crippen LogP contribution < -0.4 is 0 Å². The molecule has 2 aromatic heterocycles. The average Bonchev–Trinajstić information content (AvgIpc) is 3.05. The maximum Gasteiger partial charge on any atom is 0.354 e. The second kappa shape index (κ2) is 6.24. The topological polar surface area (TPSA) is 67.5 Å². The van der Waals surface area contributed by atoms with Gasteiger partial charge in [-0.05, 0) is 30.3 Å². The lowest BCUT2D eigenvalue weighted by molar-refractivity contribution is 0.0687. The fourth-order valence-corrected chi connectivity index (χ4v) is 2.82. The molecule has 0 fully saturated rings. The number of aromatic carboxylic acids is 1. The first kappa shape index (κ1) is 16.2. The van der Waals surface area contributed by atoms with Crippen LogP contribution in [-0.2, 0) is 0 Å². The van der Waals surface area contributed by atoms with Crippen molar-refractivity contribution >= 4 is 23.2 Å². The summed E-state index contributed by atoms with van der Waals surface area (Å²) >= 11 is 5.90. The van der Waals surface area contributed by atoms with Gasteiger partial charge in [0.2, 0.25) is 0 Å². The van der Waals surface area contributed by atoms with Crippen molar-refractivity contribution in [2.75, 3.05) is 0 Å². The third-order valence-corrected chi connectivity index (χ3v) is 4.19. The molecule has 0 saturated heterocycles. The largest absolute Gasteiger partial charge is 0.477 e. The van der Waals surface area contributed by atoms with Crippen LogP contribution in [0.15, 0.2) is 60.7 Å². The molecular weight excluding hydrogens is 357 g/mol. The van der Waals surface area contributed by atoms with Gasteiger partial charge in [0.25, 0.3) is 0 Å². The number of fused-ring (bicyclic) bond motifs is 1. The minimum Gasteiger partial charge on any atom is -0.477 e. The number of hydrogen-bond donors (Lipinski definition) is 1. The molecule has 0 unspecified atom stereocenters. The molecule has 4 rings (SSSR count). The van der Waals surface area contributed by atoms with Crippen LogP contribution in [0.5, 0.6) is 0 Å². The number of carboxylic acids is 1. The minimum absolute atomic E-state index is 0.103. The lowest BCUT2D eigenvalue weighted by Crippen LogP contribution is -2.08. The molecule has 26 heavy (non-hydrogen) atoms. The van der Waals surface area contributed by atoms with E-state index in [2.05, 4.69) is 10.1 Å². The van der Waals surface area contributed by atoms with Crippen LogP contribution in [0, 0.1) is 5.82 Å². The summed E-state index contributed by atoms with van der Waals surface area (Å²) in [6, 6.07) is 16.0. The Morgan fingerprint density at radius 1 is 1.04 bits per heavy atom. The second-order valence-corrected chi connectivity index (χ2v) is 6.05. The highest BCUT2D eigenvalue weighted by Crippen LogP contribution is 2.26.